The van der Waals surface area contributed by atoms with Gasteiger partial charge in [0, 0.05) is 38.8 Å². The molecule has 0 aromatic carbocycles. The van der Waals surface area contributed by atoms with E-state index in [2.05, 4.69) is 42.8 Å². The van der Waals surface area contributed by atoms with Crippen molar-refractivity contribution in [2.75, 3.05) is 45.8 Å². The first-order chi connectivity index (χ1) is 17.6. The monoisotopic (exact) mass is 506 g/mol. The van der Waals surface area contributed by atoms with Gasteiger partial charge >= 0.3 is 0 Å². The molecule has 2 saturated heterocycles. The molecular formula is C33H67N3. The van der Waals surface area contributed by atoms with E-state index < -0.39 is 0 Å². The highest BCUT2D eigenvalue weighted by atomic mass is 15.2. The summed E-state index contributed by atoms with van der Waals surface area (Å²) in [4.78, 5) is 5.59. The molecule has 2 aliphatic rings. The fourth-order valence-corrected chi connectivity index (χ4v) is 6.86. The molecule has 2 atom stereocenters. The average molecular weight is 506 g/mol. The summed E-state index contributed by atoms with van der Waals surface area (Å²) in [6, 6.07) is 0.759. The lowest BCUT2D eigenvalue weighted by atomic mass is 9.72. The van der Waals surface area contributed by atoms with Crippen molar-refractivity contribution in [1.29, 1.82) is 0 Å². The smallest absolute Gasteiger partial charge is 0.0107 e. The molecule has 0 radical (unpaired) electrons. The number of piperidine rings is 1. The lowest BCUT2D eigenvalue weighted by molar-refractivity contribution is -0.0481. The maximum atomic E-state index is 3.98. The highest BCUT2D eigenvalue weighted by Crippen LogP contribution is 2.40. The van der Waals surface area contributed by atoms with Crippen molar-refractivity contribution in [3.8, 4) is 0 Å². The minimum Gasteiger partial charge on any atom is -0.313 e. The van der Waals surface area contributed by atoms with Gasteiger partial charge in [-0.05, 0) is 62.9 Å². The maximum absolute atomic E-state index is 3.98. The summed E-state index contributed by atoms with van der Waals surface area (Å²) in [5.74, 6) is 0.950. The standard InChI is InChI=1S/C33H67N3/c1-5-9-13-14-17-21-32(20-16-11-7-3)34-24-27-36-29-33(30-36)22-25-35(26-23-33)28-31(18-12-8-4)19-15-10-6-2/h31-32,34H,5-30H2,1-4H3. The van der Waals surface area contributed by atoms with Gasteiger partial charge in [-0.2, -0.15) is 0 Å². The van der Waals surface area contributed by atoms with E-state index in [9.17, 15) is 0 Å². The molecule has 0 saturated carbocycles. The van der Waals surface area contributed by atoms with Crippen molar-refractivity contribution in [2.45, 2.75) is 156 Å². The molecule has 2 fully saturated rings. The van der Waals surface area contributed by atoms with E-state index in [1.807, 2.05) is 0 Å². The van der Waals surface area contributed by atoms with Crippen LogP contribution in [0.2, 0.25) is 0 Å². The molecule has 214 valence electrons. The van der Waals surface area contributed by atoms with Crippen LogP contribution in [-0.4, -0.2) is 61.7 Å². The molecule has 36 heavy (non-hydrogen) atoms. The first-order valence-electron chi connectivity index (χ1n) is 16.8. The normalized spacial score (nSPS) is 20.0. The van der Waals surface area contributed by atoms with Gasteiger partial charge < -0.3 is 15.1 Å². The lowest BCUT2D eigenvalue weighted by Crippen LogP contribution is -2.61. The molecule has 0 aliphatic carbocycles. The SMILES string of the molecule is CCCCCCCC(CCCCC)NCCN1CC2(CCN(CC(CCCC)CCCCC)CC2)C1. The van der Waals surface area contributed by atoms with Crippen LogP contribution in [0, 0.1) is 11.3 Å². The number of likely N-dealkylation sites (tertiary alicyclic amines) is 2. The Kier molecular flexibility index (Phi) is 17.7. The second-order valence-corrected chi connectivity index (χ2v) is 12.9. The fraction of sp³-hybridized carbons (Fsp3) is 1.00. The van der Waals surface area contributed by atoms with Crippen molar-refractivity contribution in [3.05, 3.63) is 0 Å². The van der Waals surface area contributed by atoms with Crippen LogP contribution in [-0.2, 0) is 0 Å². The Morgan fingerprint density at radius 3 is 1.78 bits per heavy atom. The molecule has 1 N–H and O–H groups in total. The summed E-state index contributed by atoms with van der Waals surface area (Å²) in [6.45, 7) is 18.6. The van der Waals surface area contributed by atoms with E-state index in [4.69, 9.17) is 0 Å². The summed E-state index contributed by atoms with van der Waals surface area (Å²) >= 11 is 0. The van der Waals surface area contributed by atoms with Crippen LogP contribution < -0.4 is 5.32 Å². The van der Waals surface area contributed by atoms with E-state index in [-0.39, 0.29) is 0 Å². The predicted octanol–water partition coefficient (Wildman–Crippen LogP) is 8.67. The van der Waals surface area contributed by atoms with Crippen LogP contribution >= 0.6 is 0 Å². The maximum Gasteiger partial charge on any atom is 0.0107 e. The van der Waals surface area contributed by atoms with Crippen molar-refractivity contribution < 1.29 is 0 Å². The minimum absolute atomic E-state index is 0.664. The van der Waals surface area contributed by atoms with Gasteiger partial charge in [0.1, 0.15) is 0 Å². The van der Waals surface area contributed by atoms with E-state index in [1.165, 1.54) is 168 Å². The second kappa shape index (κ2) is 19.9. The van der Waals surface area contributed by atoms with Gasteiger partial charge in [-0.25, -0.2) is 0 Å². The van der Waals surface area contributed by atoms with Crippen LogP contribution in [0.15, 0.2) is 0 Å². The van der Waals surface area contributed by atoms with E-state index in [1.54, 1.807) is 0 Å². The first-order valence-corrected chi connectivity index (χ1v) is 16.8. The van der Waals surface area contributed by atoms with Crippen LogP contribution in [0.1, 0.15) is 150 Å². The highest BCUT2D eigenvalue weighted by Gasteiger charge is 2.44. The van der Waals surface area contributed by atoms with Crippen molar-refractivity contribution in [2.24, 2.45) is 11.3 Å². The zero-order valence-electron chi connectivity index (χ0n) is 25.4. The van der Waals surface area contributed by atoms with E-state index in [0.29, 0.717) is 5.41 Å². The quantitative estimate of drug-likeness (QED) is 0.140. The van der Waals surface area contributed by atoms with E-state index in [0.717, 1.165) is 12.0 Å². The Balaban J connectivity index is 1.61. The molecule has 2 unspecified atom stereocenters. The van der Waals surface area contributed by atoms with Gasteiger partial charge in [-0.3, -0.25) is 0 Å². The van der Waals surface area contributed by atoms with Crippen LogP contribution in [0.25, 0.3) is 0 Å². The number of nitrogens with one attached hydrogen (secondary N) is 1. The van der Waals surface area contributed by atoms with Crippen molar-refractivity contribution in [1.82, 2.24) is 15.1 Å². The third-order valence-electron chi connectivity index (χ3n) is 9.41. The lowest BCUT2D eigenvalue weighted by Gasteiger charge is -2.54. The van der Waals surface area contributed by atoms with Gasteiger partial charge in [0.25, 0.3) is 0 Å². The first kappa shape index (κ1) is 32.1. The Morgan fingerprint density at radius 2 is 1.14 bits per heavy atom. The molecule has 0 aromatic rings. The Bertz CT molecular complexity index is 491. The van der Waals surface area contributed by atoms with Crippen LogP contribution in [0.5, 0.6) is 0 Å². The van der Waals surface area contributed by atoms with Gasteiger partial charge in [0.2, 0.25) is 0 Å². The molecule has 3 nitrogen and oxygen atoms in total. The molecular weight excluding hydrogens is 438 g/mol. The average Bonchev–Trinajstić information content (AvgIpc) is 2.87. The minimum atomic E-state index is 0.664. The molecule has 0 bridgehead atoms. The molecule has 3 heteroatoms. The summed E-state index contributed by atoms with van der Waals surface area (Å²) < 4.78 is 0. The summed E-state index contributed by atoms with van der Waals surface area (Å²) in [5, 5.41) is 3.98. The Morgan fingerprint density at radius 1 is 0.611 bits per heavy atom. The molecule has 2 heterocycles. The summed E-state index contributed by atoms with van der Waals surface area (Å²) in [6.07, 6.45) is 26.8. The zero-order valence-corrected chi connectivity index (χ0v) is 25.4. The van der Waals surface area contributed by atoms with E-state index >= 15 is 0 Å². The third-order valence-corrected chi connectivity index (χ3v) is 9.41. The number of unbranched alkanes of at least 4 members (excludes halogenated alkanes) is 9. The summed E-state index contributed by atoms with van der Waals surface area (Å²) in [5.41, 5.74) is 0.664. The molecule has 2 rings (SSSR count). The second-order valence-electron chi connectivity index (χ2n) is 12.9. The molecule has 0 amide bonds. The molecule has 1 spiro atoms. The largest absolute Gasteiger partial charge is 0.313 e. The number of rotatable bonds is 23. The summed E-state index contributed by atoms with van der Waals surface area (Å²) in [7, 11) is 0. The Labute approximate surface area is 227 Å². The predicted molar refractivity (Wildman–Crippen MR) is 161 cm³/mol. The molecule has 2 aliphatic heterocycles. The van der Waals surface area contributed by atoms with Gasteiger partial charge in [-0.1, -0.05) is 111 Å². The van der Waals surface area contributed by atoms with Gasteiger partial charge in [-0.15, -0.1) is 0 Å². The van der Waals surface area contributed by atoms with Crippen LogP contribution in [0.3, 0.4) is 0 Å². The number of nitrogens with zero attached hydrogens (tertiary/aromatic N) is 2. The fourth-order valence-electron chi connectivity index (χ4n) is 6.86. The Hall–Kier alpha value is -0.120. The van der Waals surface area contributed by atoms with Gasteiger partial charge in [0.05, 0.1) is 0 Å². The zero-order chi connectivity index (χ0) is 25.9. The van der Waals surface area contributed by atoms with Gasteiger partial charge in [0.15, 0.2) is 0 Å². The van der Waals surface area contributed by atoms with Crippen molar-refractivity contribution >= 4 is 0 Å². The van der Waals surface area contributed by atoms with Crippen molar-refractivity contribution in [3.63, 3.8) is 0 Å². The topological polar surface area (TPSA) is 18.5 Å². The third kappa shape index (κ3) is 13.1. The van der Waals surface area contributed by atoms with Crippen LogP contribution in [0.4, 0.5) is 0 Å². The highest BCUT2D eigenvalue weighted by molar-refractivity contribution is 4.98. The number of hydrogen-bond donors (Lipinski definition) is 1. The number of hydrogen-bond acceptors (Lipinski definition) is 3. The molecule has 0 aromatic heterocycles.